The van der Waals surface area contributed by atoms with Crippen molar-refractivity contribution < 1.29 is 21.9 Å². The van der Waals surface area contributed by atoms with Crippen LogP contribution in [-0.2, 0) is 10.2 Å². The molecule has 4 nitrogen and oxygen atoms in total. The van der Waals surface area contributed by atoms with Crippen molar-refractivity contribution in [1.29, 1.82) is 0 Å². The van der Waals surface area contributed by atoms with Crippen LogP contribution in [0.5, 0.6) is 0 Å². The third-order valence-corrected chi connectivity index (χ3v) is 4.04. The van der Waals surface area contributed by atoms with Crippen molar-refractivity contribution in [1.82, 2.24) is 0 Å². The van der Waals surface area contributed by atoms with E-state index in [1.807, 2.05) is 0 Å². The van der Waals surface area contributed by atoms with Crippen LogP contribution in [0.1, 0.15) is 31.8 Å². The predicted octanol–water partition coefficient (Wildman–Crippen LogP) is 2.12. The van der Waals surface area contributed by atoms with E-state index in [1.54, 1.807) is 12.1 Å². The average molecular weight is 290 g/mol. The number of halogens is 1. The fourth-order valence-corrected chi connectivity index (χ4v) is 3.00. The minimum Gasteiger partial charge on any atom is -0.289 e. The number of hydrogen-bond acceptors (Lipinski definition) is 4. The third-order valence-electron chi connectivity index (χ3n) is 3.18. The van der Waals surface area contributed by atoms with Crippen molar-refractivity contribution in [3.05, 3.63) is 64.7 Å². The summed E-state index contributed by atoms with van der Waals surface area (Å²) in [7, 11) is -5.08. The average Bonchev–Trinajstić information content (AvgIpc) is 2.43. The Morgan fingerprint density at radius 1 is 0.750 bits per heavy atom. The number of ketones is 2. The van der Waals surface area contributed by atoms with Crippen molar-refractivity contribution in [3.8, 4) is 0 Å². The molecule has 100 valence electrons. The Morgan fingerprint density at radius 2 is 1.30 bits per heavy atom. The van der Waals surface area contributed by atoms with Gasteiger partial charge in [-0.05, 0) is 6.07 Å². The number of carbonyl (C=O) groups excluding carboxylic acids is 2. The molecule has 0 N–H and O–H groups in total. The molecule has 0 spiro atoms. The summed E-state index contributed by atoms with van der Waals surface area (Å²) in [6.45, 7) is 0. The summed E-state index contributed by atoms with van der Waals surface area (Å²) >= 11 is 0. The highest BCUT2D eigenvalue weighted by molar-refractivity contribution is 7.86. The molecule has 0 amide bonds. The van der Waals surface area contributed by atoms with Crippen LogP contribution in [0.15, 0.2) is 47.4 Å². The van der Waals surface area contributed by atoms with E-state index in [4.69, 9.17) is 0 Å². The van der Waals surface area contributed by atoms with E-state index in [2.05, 4.69) is 0 Å². The minimum absolute atomic E-state index is 0.0844. The second-order valence-corrected chi connectivity index (χ2v) is 5.64. The van der Waals surface area contributed by atoms with Gasteiger partial charge in [-0.25, -0.2) is 0 Å². The smallest absolute Gasteiger partial charge is 0.289 e. The predicted molar refractivity (Wildman–Crippen MR) is 68.0 cm³/mol. The molecule has 0 unspecified atom stereocenters. The molecule has 20 heavy (non-hydrogen) atoms. The monoisotopic (exact) mass is 290 g/mol. The van der Waals surface area contributed by atoms with Crippen LogP contribution < -0.4 is 0 Å². The largest absolute Gasteiger partial charge is 0.332 e. The zero-order chi connectivity index (χ0) is 14.5. The minimum atomic E-state index is -5.08. The topological polar surface area (TPSA) is 68.3 Å². The lowest BCUT2D eigenvalue weighted by molar-refractivity contribution is 0.0976. The van der Waals surface area contributed by atoms with Gasteiger partial charge in [0.2, 0.25) is 0 Å². The Bertz CT molecular complexity index is 868. The molecule has 0 fully saturated rings. The standard InChI is InChI=1S/C14H7FO4S/c15-20(18,19)11-7-3-6-10-12(11)14(17)9-5-2-1-4-8(9)13(10)16/h1-7H. The van der Waals surface area contributed by atoms with Crippen LogP contribution in [0.2, 0.25) is 0 Å². The van der Waals surface area contributed by atoms with Crippen LogP contribution in [0, 0.1) is 0 Å². The normalized spacial score (nSPS) is 13.8. The molecule has 1 aliphatic rings. The molecule has 2 aromatic carbocycles. The van der Waals surface area contributed by atoms with Crippen LogP contribution >= 0.6 is 0 Å². The summed E-state index contributed by atoms with van der Waals surface area (Å²) in [6.07, 6.45) is 0. The Labute approximate surface area is 114 Å². The van der Waals surface area contributed by atoms with Gasteiger partial charge in [-0.3, -0.25) is 9.59 Å². The highest BCUT2D eigenvalue weighted by Crippen LogP contribution is 2.31. The molecule has 0 heterocycles. The maximum Gasteiger partial charge on any atom is 0.332 e. The fourth-order valence-electron chi connectivity index (χ4n) is 2.32. The number of benzene rings is 2. The highest BCUT2D eigenvalue weighted by atomic mass is 32.3. The molecule has 0 radical (unpaired) electrons. The molecular weight excluding hydrogens is 283 g/mol. The van der Waals surface area contributed by atoms with Gasteiger partial charge in [0.15, 0.2) is 11.6 Å². The molecule has 0 atom stereocenters. The van der Waals surface area contributed by atoms with Crippen LogP contribution in [0.4, 0.5) is 3.89 Å². The molecule has 0 aromatic heterocycles. The van der Waals surface area contributed by atoms with E-state index in [0.29, 0.717) is 0 Å². The first-order valence-corrected chi connectivity index (χ1v) is 7.05. The van der Waals surface area contributed by atoms with Gasteiger partial charge in [-0.2, -0.15) is 8.42 Å². The van der Waals surface area contributed by atoms with Crippen molar-refractivity contribution in [2.24, 2.45) is 0 Å². The van der Waals surface area contributed by atoms with E-state index in [-0.39, 0.29) is 16.7 Å². The Kier molecular flexibility index (Phi) is 2.58. The van der Waals surface area contributed by atoms with E-state index in [9.17, 15) is 21.9 Å². The van der Waals surface area contributed by atoms with E-state index < -0.39 is 32.2 Å². The maximum atomic E-state index is 13.3. The fraction of sp³-hybridized carbons (Fsp3) is 0. The lowest BCUT2D eigenvalue weighted by Crippen LogP contribution is -2.23. The summed E-state index contributed by atoms with van der Waals surface area (Å²) in [5, 5.41) is 0. The quantitative estimate of drug-likeness (QED) is 0.644. The third kappa shape index (κ3) is 1.69. The second kappa shape index (κ2) is 4.08. The van der Waals surface area contributed by atoms with E-state index >= 15 is 0 Å². The molecule has 0 bridgehead atoms. The lowest BCUT2D eigenvalue weighted by Gasteiger charge is -2.18. The maximum absolute atomic E-state index is 13.3. The SMILES string of the molecule is O=C1c2ccccc2C(=O)c2c1cccc2S(=O)(=O)F. The lowest BCUT2D eigenvalue weighted by atomic mass is 9.84. The van der Waals surface area contributed by atoms with Crippen LogP contribution in [-0.4, -0.2) is 20.0 Å². The molecule has 3 rings (SSSR count). The zero-order valence-electron chi connectivity index (χ0n) is 9.96. The second-order valence-electron chi connectivity index (χ2n) is 4.32. The van der Waals surface area contributed by atoms with Gasteiger partial charge in [-0.15, -0.1) is 3.89 Å². The highest BCUT2D eigenvalue weighted by Gasteiger charge is 2.34. The summed E-state index contributed by atoms with van der Waals surface area (Å²) < 4.78 is 35.6. The van der Waals surface area contributed by atoms with Gasteiger partial charge in [0, 0.05) is 16.7 Å². The van der Waals surface area contributed by atoms with Gasteiger partial charge in [-0.1, -0.05) is 36.4 Å². The van der Waals surface area contributed by atoms with Crippen molar-refractivity contribution in [2.45, 2.75) is 4.90 Å². The van der Waals surface area contributed by atoms with Gasteiger partial charge >= 0.3 is 10.2 Å². The Hall–Kier alpha value is -2.34. The first-order chi connectivity index (χ1) is 9.41. The van der Waals surface area contributed by atoms with Gasteiger partial charge in [0.1, 0.15) is 4.90 Å². The van der Waals surface area contributed by atoms with Gasteiger partial charge in [0.25, 0.3) is 0 Å². The summed E-state index contributed by atoms with van der Waals surface area (Å²) in [4.78, 5) is 23.8. The van der Waals surface area contributed by atoms with E-state index in [0.717, 1.165) is 6.07 Å². The van der Waals surface area contributed by atoms with Crippen LogP contribution in [0.3, 0.4) is 0 Å². The molecule has 0 aliphatic heterocycles. The first kappa shape index (κ1) is 12.7. The molecule has 2 aromatic rings. The number of hydrogen-bond donors (Lipinski definition) is 0. The molecule has 0 saturated heterocycles. The van der Waals surface area contributed by atoms with Gasteiger partial charge < -0.3 is 0 Å². The van der Waals surface area contributed by atoms with Crippen LogP contribution in [0.25, 0.3) is 0 Å². The number of carbonyl (C=O) groups is 2. The van der Waals surface area contributed by atoms with Crippen molar-refractivity contribution >= 4 is 21.8 Å². The molecule has 1 aliphatic carbocycles. The summed E-state index contributed by atoms with van der Waals surface area (Å²) in [5.41, 5.74) is -0.203. The van der Waals surface area contributed by atoms with Gasteiger partial charge in [0.05, 0.1) is 5.56 Å². The molecule has 0 saturated carbocycles. The van der Waals surface area contributed by atoms with Crippen molar-refractivity contribution in [2.75, 3.05) is 0 Å². The summed E-state index contributed by atoms with van der Waals surface area (Å²) in [5.74, 6) is -1.15. The summed E-state index contributed by atoms with van der Waals surface area (Å²) in [6, 6.07) is 9.60. The zero-order valence-corrected chi connectivity index (χ0v) is 10.8. The molecule has 6 heteroatoms. The Balaban J connectivity index is 2.40. The molecular formula is C14H7FO4S. The number of fused-ring (bicyclic) bond motifs is 2. The van der Waals surface area contributed by atoms with Crippen molar-refractivity contribution in [3.63, 3.8) is 0 Å². The number of rotatable bonds is 1. The Morgan fingerprint density at radius 3 is 1.90 bits per heavy atom. The first-order valence-electron chi connectivity index (χ1n) is 5.67. The van der Waals surface area contributed by atoms with E-state index in [1.165, 1.54) is 24.3 Å².